The van der Waals surface area contributed by atoms with Gasteiger partial charge in [-0.05, 0) is 12.8 Å². The third-order valence-corrected chi connectivity index (χ3v) is 1.40. The predicted octanol–water partition coefficient (Wildman–Crippen LogP) is -2.43. The van der Waals surface area contributed by atoms with E-state index in [2.05, 4.69) is 0 Å². The molecule has 9 N–H and O–H groups in total. The number of rotatable bonds is 5. The Morgan fingerprint density at radius 1 is 1.25 bits per heavy atom. The Hall–Kier alpha value is -0.540. The molecule has 0 saturated carbocycles. The van der Waals surface area contributed by atoms with Gasteiger partial charge in [-0.25, -0.2) is 4.57 Å². The topological polar surface area (TPSA) is 187 Å². The highest BCUT2D eigenvalue weighted by Gasteiger charge is 2.12. The minimum absolute atomic E-state index is 0.145. The lowest BCUT2D eigenvalue weighted by Gasteiger charge is -2.09. The Balaban J connectivity index is 0. The van der Waals surface area contributed by atoms with Crippen LogP contribution in [-0.2, 0) is 9.36 Å². The summed E-state index contributed by atoms with van der Waals surface area (Å²) in [6.45, 7) is 0.145. The fourth-order valence-electron chi connectivity index (χ4n) is 0.613. The molecule has 98 valence electrons. The highest BCUT2D eigenvalue weighted by molar-refractivity contribution is 7.45. The van der Waals surface area contributed by atoms with E-state index >= 15 is 0 Å². The lowest BCUT2D eigenvalue weighted by atomic mass is 10.1. The van der Waals surface area contributed by atoms with E-state index < -0.39 is 25.9 Å². The molecular formula is C6H17N2O7P. The molecule has 16 heavy (non-hydrogen) atoms. The number of phosphoric acid groups is 1. The van der Waals surface area contributed by atoms with Crippen LogP contribution in [0.4, 0.5) is 0 Å². The highest BCUT2D eigenvalue weighted by atomic mass is 31.2. The van der Waals surface area contributed by atoms with Gasteiger partial charge in [0.05, 0.1) is 6.10 Å². The summed E-state index contributed by atoms with van der Waals surface area (Å²) in [5.74, 6) is -1.05. The van der Waals surface area contributed by atoms with Gasteiger partial charge in [-0.1, -0.05) is 0 Å². The Kier molecular flexibility index (Phi) is 9.58. The average Bonchev–Trinajstić information content (AvgIpc) is 2.10. The maximum absolute atomic E-state index is 10.2. The van der Waals surface area contributed by atoms with Crippen LogP contribution < -0.4 is 11.5 Å². The van der Waals surface area contributed by atoms with Crippen LogP contribution in [0.1, 0.15) is 12.8 Å². The van der Waals surface area contributed by atoms with E-state index in [-0.39, 0.29) is 13.0 Å². The van der Waals surface area contributed by atoms with Gasteiger partial charge in [0.15, 0.2) is 0 Å². The molecule has 0 radical (unpaired) electrons. The lowest BCUT2D eigenvalue weighted by Crippen LogP contribution is -2.32. The summed E-state index contributed by atoms with van der Waals surface area (Å²) in [6, 6.07) is -0.892. The number of hydrogen-bond acceptors (Lipinski definition) is 5. The van der Waals surface area contributed by atoms with E-state index in [1.807, 2.05) is 0 Å². The summed E-state index contributed by atoms with van der Waals surface area (Å²) >= 11 is 0. The Labute approximate surface area is 91.9 Å². The SMILES string of the molecule is NCC(O)CCC(N)C(=O)O.O=P(O)(O)O. The van der Waals surface area contributed by atoms with Gasteiger partial charge in [0.25, 0.3) is 0 Å². The minimum atomic E-state index is -4.64. The number of aliphatic hydroxyl groups is 1. The smallest absolute Gasteiger partial charge is 0.466 e. The van der Waals surface area contributed by atoms with Crippen molar-refractivity contribution in [2.24, 2.45) is 11.5 Å². The number of hydrogen-bond donors (Lipinski definition) is 7. The molecule has 0 aromatic carbocycles. The van der Waals surface area contributed by atoms with Gasteiger partial charge in [-0.15, -0.1) is 0 Å². The molecule has 2 unspecified atom stereocenters. The summed E-state index contributed by atoms with van der Waals surface area (Å²) in [5.41, 5.74) is 10.3. The van der Waals surface area contributed by atoms with Crippen molar-refractivity contribution in [2.45, 2.75) is 25.0 Å². The van der Waals surface area contributed by atoms with Gasteiger partial charge in [0.1, 0.15) is 6.04 Å². The molecule has 0 rings (SSSR count). The first-order chi connectivity index (χ1) is 7.07. The van der Waals surface area contributed by atoms with Crippen molar-refractivity contribution in [2.75, 3.05) is 6.54 Å². The van der Waals surface area contributed by atoms with Crippen LogP contribution >= 0.6 is 7.82 Å². The van der Waals surface area contributed by atoms with Crippen LogP contribution in [0.3, 0.4) is 0 Å². The first-order valence-corrected chi connectivity index (χ1v) is 5.79. The zero-order valence-electron chi connectivity index (χ0n) is 8.43. The molecule has 0 aromatic heterocycles. The number of aliphatic carboxylic acids is 1. The van der Waals surface area contributed by atoms with E-state index in [0.29, 0.717) is 6.42 Å². The molecule has 0 bridgehead atoms. The fourth-order valence-corrected chi connectivity index (χ4v) is 0.613. The van der Waals surface area contributed by atoms with Crippen LogP contribution in [0.5, 0.6) is 0 Å². The second-order valence-electron chi connectivity index (χ2n) is 2.92. The molecule has 0 aliphatic heterocycles. The van der Waals surface area contributed by atoms with E-state index in [9.17, 15) is 4.79 Å². The standard InChI is InChI=1S/C6H14N2O3.H3O4P/c7-3-4(9)1-2-5(8)6(10)11;1-5(2,3)4/h4-5,9H,1-3,7-8H2,(H,10,11);(H3,1,2,3,4). The molecule has 2 atom stereocenters. The quantitative estimate of drug-likeness (QED) is 0.263. The summed E-state index contributed by atoms with van der Waals surface area (Å²) in [7, 11) is -4.64. The monoisotopic (exact) mass is 260 g/mol. The Bertz CT molecular complexity index is 235. The predicted molar refractivity (Wildman–Crippen MR) is 54.2 cm³/mol. The molecule has 0 fully saturated rings. The third kappa shape index (κ3) is 19.1. The van der Waals surface area contributed by atoms with E-state index in [0.717, 1.165) is 0 Å². The number of carbonyl (C=O) groups is 1. The van der Waals surface area contributed by atoms with E-state index in [4.69, 9.17) is 40.9 Å². The highest BCUT2D eigenvalue weighted by Crippen LogP contribution is 2.25. The average molecular weight is 260 g/mol. The van der Waals surface area contributed by atoms with E-state index in [1.54, 1.807) is 0 Å². The van der Waals surface area contributed by atoms with Crippen molar-refractivity contribution in [1.82, 2.24) is 0 Å². The maximum Gasteiger partial charge on any atom is 0.466 e. The zero-order valence-corrected chi connectivity index (χ0v) is 9.32. The fraction of sp³-hybridized carbons (Fsp3) is 0.833. The van der Waals surface area contributed by atoms with E-state index in [1.165, 1.54) is 0 Å². The van der Waals surface area contributed by atoms with Crippen molar-refractivity contribution >= 4 is 13.8 Å². The molecule has 9 nitrogen and oxygen atoms in total. The molecule has 0 aliphatic carbocycles. The third-order valence-electron chi connectivity index (χ3n) is 1.40. The molecular weight excluding hydrogens is 243 g/mol. The molecule has 10 heteroatoms. The first kappa shape index (κ1) is 17.8. The second kappa shape index (κ2) is 8.59. The van der Waals surface area contributed by atoms with Crippen LogP contribution in [-0.4, -0.2) is 49.6 Å². The summed E-state index contributed by atoms with van der Waals surface area (Å²) < 4.78 is 8.88. The van der Waals surface area contributed by atoms with Crippen LogP contribution in [0.2, 0.25) is 0 Å². The molecule has 0 spiro atoms. The number of carboxylic acids is 1. The number of nitrogens with two attached hydrogens (primary N) is 2. The molecule has 0 amide bonds. The number of aliphatic hydroxyl groups excluding tert-OH is 1. The van der Waals surface area contributed by atoms with Crippen molar-refractivity contribution in [1.29, 1.82) is 0 Å². The van der Waals surface area contributed by atoms with Crippen molar-refractivity contribution in [3.05, 3.63) is 0 Å². The van der Waals surface area contributed by atoms with Crippen LogP contribution in [0, 0.1) is 0 Å². The maximum atomic E-state index is 10.2. The Morgan fingerprint density at radius 3 is 1.88 bits per heavy atom. The summed E-state index contributed by atoms with van der Waals surface area (Å²) in [5, 5.41) is 17.2. The van der Waals surface area contributed by atoms with Crippen molar-refractivity contribution < 1.29 is 34.3 Å². The molecule has 0 aliphatic rings. The van der Waals surface area contributed by atoms with Gasteiger partial charge in [-0.2, -0.15) is 0 Å². The minimum Gasteiger partial charge on any atom is -0.480 e. The molecule has 0 saturated heterocycles. The molecule has 0 aromatic rings. The second-order valence-corrected chi connectivity index (χ2v) is 3.95. The van der Waals surface area contributed by atoms with Crippen LogP contribution in [0.15, 0.2) is 0 Å². The lowest BCUT2D eigenvalue weighted by molar-refractivity contribution is -0.138. The van der Waals surface area contributed by atoms with Crippen molar-refractivity contribution in [3.8, 4) is 0 Å². The normalized spacial score (nSPS) is 14.6. The number of carboxylic acid groups (broad SMARTS) is 1. The van der Waals surface area contributed by atoms with Crippen LogP contribution in [0.25, 0.3) is 0 Å². The van der Waals surface area contributed by atoms with Gasteiger partial charge >= 0.3 is 13.8 Å². The largest absolute Gasteiger partial charge is 0.480 e. The van der Waals surface area contributed by atoms with Gasteiger partial charge < -0.3 is 36.4 Å². The molecule has 0 heterocycles. The zero-order chi connectivity index (χ0) is 13.4. The summed E-state index contributed by atoms with van der Waals surface area (Å²) in [4.78, 5) is 31.7. The van der Waals surface area contributed by atoms with Gasteiger partial charge in [0, 0.05) is 6.54 Å². The summed E-state index contributed by atoms with van der Waals surface area (Å²) in [6.07, 6.45) is -0.0436. The van der Waals surface area contributed by atoms with Gasteiger partial charge in [-0.3, -0.25) is 4.79 Å². The van der Waals surface area contributed by atoms with Crippen molar-refractivity contribution in [3.63, 3.8) is 0 Å². The van der Waals surface area contributed by atoms with Gasteiger partial charge in [0.2, 0.25) is 0 Å². The first-order valence-electron chi connectivity index (χ1n) is 4.22. The Morgan fingerprint density at radius 2 is 1.62 bits per heavy atom.